The molecule has 0 aliphatic rings. The van der Waals surface area contributed by atoms with E-state index in [1.54, 1.807) is 38.2 Å². The summed E-state index contributed by atoms with van der Waals surface area (Å²) in [5, 5.41) is 10.1. The molecule has 1 aromatic carbocycles. The Balaban J connectivity index is 2.24. The second-order valence-corrected chi connectivity index (χ2v) is 4.95. The number of nitriles is 1. The van der Waals surface area contributed by atoms with Crippen molar-refractivity contribution in [3.63, 3.8) is 0 Å². The van der Waals surface area contributed by atoms with Gasteiger partial charge in [0.05, 0.1) is 12.0 Å². The van der Waals surface area contributed by atoms with Crippen LogP contribution in [0.25, 0.3) is 11.0 Å². The number of carbonyl (C=O) groups excluding carboxylic acids is 1. The SMILES string of the molecule is CC(C#N)CN(C)C(=O)c1cc2cc(Cl)ccc2o1. The summed E-state index contributed by atoms with van der Waals surface area (Å²) in [5.41, 5.74) is 0.620. The Morgan fingerprint density at radius 1 is 1.53 bits per heavy atom. The molecule has 0 aliphatic heterocycles. The summed E-state index contributed by atoms with van der Waals surface area (Å²) in [6.07, 6.45) is 0. The molecule has 1 unspecified atom stereocenters. The molecule has 1 amide bonds. The summed E-state index contributed by atoms with van der Waals surface area (Å²) in [6.45, 7) is 2.13. The van der Waals surface area contributed by atoms with E-state index >= 15 is 0 Å². The molecule has 0 radical (unpaired) electrons. The van der Waals surface area contributed by atoms with Gasteiger partial charge < -0.3 is 9.32 Å². The molecule has 1 atom stereocenters. The first kappa shape index (κ1) is 13.4. The van der Waals surface area contributed by atoms with Crippen LogP contribution in [-0.2, 0) is 0 Å². The van der Waals surface area contributed by atoms with Gasteiger partial charge in [-0.25, -0.2) is 0 Å². The van der Waals surface area contributed by atoms with Crippen LogP contribution in [0.2, 0.25) is 5.02 Å². The number of rotatable bonds is 3. The molecule has 19 heavy (non-hydrogen) atoms. The van der Waals surface area contributed by atoms with E-state index in [1.165, 1.54) is 4.90 Å². The van der Waals surface area contributed by atoms with E-state index in [0.29, 0.717) is 17.2 Å². The number of amides is 1. The molecular weight excluding hydrogens is 264 g/mol. The molecule has 1 heterocycles. The molecule has 0 saturated heterocycles. The Labute approximate surface area is 116 Å². The Morgan fingerprint density at radius 2 is 2.26 bits per heavy atom. The van der Waals surface area contributed by atoms with Gasteiger partial charge >= 0.3 is 0 Å². The number of hydrogen-bond donors (Lipinski definition) is 0. The van der Waals surface area contributed by atoms with Gasteiger partial charge in [0.25, 0.3) is 5.91 Å². The smallest absolute Gasteiger partial charge is 0.289 e. The van der Waals surface area contributed by atoms with Crippen molar-refractivity contribution in [1.82, 2.24) is 4.90 Å². The summed E-state index contributed by atoms with van der Waals surface area (Å²) in [6, 6.07) is 8.94. The average Bonchev–Trinajstić information content (AvgIpc) is 2.80. The van der Waals surface area contributed by atoms with Crippen molar-refractivity contribution in [2.75, 3.05) is 13.6 Å². The molecular formula is C14H13ClN2O2. The highest BCUT2D eigenvalue weighted by molar-refractivity contribution is 6.31. The van der Waals surface area contributed by atoms with Crippen LogP contribution in [0.3, 0.4) is 0 Å². The first-order valence-corrected chi connectivity index (χ1v) is 6.23. The van der Waals surface area contributed by atoms with Gasteiger partial charge in [-0.3, -0.25) is 4.79 Å². The Kier molecular flexibility index (Phi) is 3.77. The topological polar surface area (TPSA) is 57.2 Å². The molecule has 2 aromatic rings. The van der Waals surface area contributed by atoms with Gasteiger partial charge in [-0.1, -0.05) is 11.6 Å². The van der Waals surface area contributed by atoms with Crippen molar-refractivity contribution in [2.24, 2.45) is 5.92 Å². The van der Waals surface area contributed by atoms with Crippen LogP contribution < -0.4 is 0 Å². The molecule has 0 spiro atoms. The van der Waals surface area contributed by atoms with Gasteiger partial charge in [0.15, 0.2) is 5.76 Å². The number of nitrogens with zero attached hydrogens (tertiary/aromatic N) is 2. The number of carbonyl (C=O) groups is 1. The first-order chi connectivity index (χ1) is 9.01. The van der Waals surface area contributed by atoms with Crippen molar-refractivity contribution < 1.29 is 9.21 Å². The minimum atomic E-state index is -0.241. The fourth-order valence-corrected chi connectivity index (χ4v) is 2.02. The lowest BCUT2D eigenvalue weighted by Crippen LogP contribution is -2.30. The molecule has 1 aromatic heterocycles. The van der Waals surface area contributed by atoms with Gasteiger partial charge in [-0.2, -0.15) is 5.26 Å². The molecule has 0 fully saturated rings. The van der Waals surface area contributed by atoms with Crippen molar-refractivity contribution in [1.29, 1.82) is 5.26 Å². The lowest BCUT2D eigenvalue weighted by atomic mass is 10.2. The zero-order chi connectivity index (χ0) is 14.0. The fraction of sp³-hybridized carbons (Fsp3) is 0.286. The second kappa shape index (κ2) is 5.33. The second-order valence-electron chi connectivity index (χ2n) is 4.51. The Morgan fingerprint density at radius 3 is 2.95 bits per heavy atom. The molecule has 0 bridgehead atoms. The monoisotopic (exact) mass is 276 g/mol. The van der Waals surface area contributed by atoms with E-state index in [1.807, 2.05) is 0 Å². The van der Waals surface area contributed by atoms with Crippen LogP contribution in [-0.4, -0.2) is 24.4 Å². The average molecular weight is 277 g/mol. The van der Waals surface area contributed by atoms with Crippen molar-refractivity contribution in [3.05, 3.63) is 35.0 Å². The molecule has 0 N–H and O–H groups in total. The molecule has 5 heteroatoms. The van der Waals surface area contributed by atoms with E-state index in [9.17, 15) is 4.79 Å². The van der Waals surface area contributed by atoms with Gasteiger partial charge in [0.1, 0.15) is 5.58 Å². The summed E-state index contributed by atoms with van der Waals surface area (Å²) < 4.78 is 5.49. The van der Waals surface area contributed by atoms with Crippen LogP contribution >= 0.6 is 11.6 Å². The van der Waals surface area contributed by atoms with Crippen LogP contribution in [0.15, 0.2) is 28.7 Å². The summed E-state index contributed by atoms with van der Waals surface area (Å²) in [4.78, 5) is 13.6. The number of halogens is 1. The van der Waals surface area contributed by atoms with Crippen LogP contribution in [0.1, 0.15) is 17.5 Å². The van der Waals surface area contributed by atoms with Crippen molar-refractivity contribution >= 4 is 28.5 Å². The minimum Gasteiger partial charge on any atom is -0.451 e. The molecule has 98 valence electrons. The van der Waals surface area contributed by atoms with Gasteiger partial charge in [-0.05, 0) is 31.2 Å². The van der Waals surface area contributed by atoms with E-state index in [2.05, 4.69) is 6.07 Å². The quantitative estimate of drug-likeness (QED) is 0.864. The highest BCUT2D eigenvalue weighted by atomic mass is 35.5. The van der Waals surface area contributed by atoms with E-state index in [-0.39, 0.29) is 17.6 Å². The number of furan rings is 1. The summed E-state index contributed by atoms with van der Waals surface area (Å²) in [7, 11) is 1.65. The Bertz CT molecular complexity index is 657. The van der Waals surface area contributed by atoms with Gasteiger partial charge in [0.2, 0.25) is 0 Å². The Hall–Kier alpha value is -1.99. The van der Waals surface area contributed by atoms with E-state index in [0.717, 1.165) is 5.39 Å². The molecule has 2 rings (SSSR count). The van der Waals surface area contributed by atoms with Crippen molar-refractivity contribution in [3.8, 4) is 6.07 Å². The predicted molar refractivity (Wildman–Crippen MR) is 73.0 cm³/mol. The van der Waals surface area contributed by atoms with Gasteiger partial charge in [-0.15, -0.1) is 0 Å². The molecule has 0 saturated carbocycles. The highest BCUT2D eigenvalue weighted by Crippen LogP contribution is 2.23. The zero-order valence-corrected chi connectivity index (χ0v) is 11.4. The molecule has 0 aliphatic carbocycles. The lowest BCUT2D eigenvalue weighted by molar-refractivity contribution is 0.0756. The van der Waals surface area contributed by atoms with Crippen LogP contribution in [0, 0.1) is 17.2 Å². The first-order valence-electron chi connectivity index (χ1n) is 5.85. The minimum absolute atomic E-state index is 0.215. The third kappa shape index (κ3) is 2.88. The normalized spacial score (nSPS) is 12.1. The number of benzene rings is 1. The maximum atomic E-state index is 12.1. The van der Waals surface area contributed by atoms with E-state index in [4.69, 9.17) is 21.3 Å². The van der Waals surface area contributed by atoms with Gasteiger partial charge in [0, 0.05) is 24.0 Å². The van der Waals surface area contributed by atoms with Crippen LogP contribution in [0.5, 0.6) is 0 Å². The standard InChI is InChI=1S/C14H13ClN2O2/c1-9(7-16)8-17(2)14(18)13-6-10-5-11(15)3-4-12(10)19-13/h3-6,9H,8H2,1-2H3. The molecule has 4 nitrogen and oxygen atoms in total. The maximum Gasteiger partial charge on any atom is 0.289 e. The fourth-order valence-electron chi connectivity index (χ4n) is 1.84. The summed E-state index contributed by atoms with van der Waals surface area (Å²) in [5.74, 6) is -0.202. The van der Waals surface area contributed by atoms with Crippen LogP contribution in [0.4, 0.5) is 0 Å². The highest BCUT2D eigenvalue weighted by Gasteiger charge is 2.18. The van der Waals surface area contributed by atoms with Crippen molar-refractivity contribution in [2.45, 2.75) is 6.92 Å². The maximum absolute atomic E-state index is 12.1. The zero-order valence-electron chi connectivity index (χ0n) is 10.7. The predicted octanol–water partition coefficient (Wildman–Crippen LogP) is 3.32. The van der Waals surface area contributed by atoms with E-state index < -0.39 is 0 Å². The summed E-state index contributed by atoms with van der Waals surface area (Å²) >= 11 is 5.88. The number of fused-ring (bicyclic) bond motifs is 1. The lowest BCUT2D eigenvalue weighted by Gasteiger charge is -2.16. The number of hydrogen-bond acceptors (Lipinski definition) is 3. The largest absolute Gasteiger partial charge is 0.451 e. The third-order valence-corrected chi connectivity index (χ3v) is 3.04. The third-order valence-electron chi connectivity index (χ3n) is 2.80.